The van der Waals surface area contributed by atoms with Gasteiger partial charge in [0.15, 0.2) is 0 Å². The lowest BCUT2D eigenvalue weighted by Gasteiger charge is -2.32. The first-order valence-corrected chi connectivity index (χ1v) is 9.43. The lowest BCUT2D eigenvalue weighted by Crippen LogP contribution is -2.40. The molecular formula is C19H25N5O2. The van der Waals surface area contributed by atoms with Gasteiger partial charge in [-0.1, -0.05) is 0 Å². The van der Waals surface area contributed by atoms with E-state index in [0.717, 1.165) is 54.7 Å². The molecule has 0 saturated carbocycles. The number of aryl methyl sites for hydroxylation is 4. The topological polar surface area (TPSA) is 83.9 Å². The molecule has 7 nitrogen and oxygen atoms in total. The summed E-state index contributed by atoms with van der Waals surface area (Å²) >= 11 is 0. The van der Waals surface area contributed by atoms with Gasteiger partial charge in [-0.15, -0.1) is 0 Å². The molecule has 0 atom stereocenters. The Morgan fingerprint density at radius 1 is 1.27 bits per heavy atom. The van der Waals surface area contributed by atoms with Gasteiger partial charge < -0.3 is 4.90 Å². The molecule has 1 N–H and O–H groups in total. The van der Waals surface area contributed by atoms with Crippen LogP contribution in [0.1, 0.15) is 52.3 Å². The standard InChI is InChI=1S/C19H25N5O2/c1-12-18(13(2)21-20-12)19(26)23-8-6-14(7-9-23)11-24-17(25)10-15-4-3-5-16(15)22-24/h10,14H,3-9,11H2,1-2H3,(H,20,21). The van der Waals surface area contributed by atoms with Crippen LogP contribution in [0.2, 0.25) is 0 Å². The van der Waals surface area contributed by atoms with Gasteiger partial charge in [-0.3, -0.25) is 14.7 Å². The third kappa shape index (κ3) is 3.06. The summed E-state index contributed by atoms with van der Waals surface area (Å²) in [6, 6.07) is 1.76. The average Bonchev–Trinajstić information content (AvgIpc) is 3.21. The van der Waals surface area contributed by atoms with Crippen molar-refractivity contribution < 1.29 is 4.79 Å². The molecule has 1 saturated heterocycles. The molecule has 0 bridgehead atoms. The fourth-order valence-electron chi connectivity index (χ4n) is 4.16. The van der Waals surface area contributed by atoms with E-state index in [1.54, 1.807) is 10.7 Å². The van der Waals surface area contributed by atoms with Crippen LogP contribution in [0.3, 0.4) is 0 Å². The van der Waals surface area contributed by atoms with Gasteiger partial charge in [-0.05, 0) is 57.4 Å². The normalized spacial score (nSPS) is 17.5. The molecule has 1 aliphatic carbocycles. The van der Waals surface area contributed by atoms with E-state index in [-0.39, 0.29) is 11.5 Å². The predicted molar refractivity (Wildman–Crippen MR) is 97.2 cm³/mol. The van der Waals surface area contributed by atoms with Crippen LogP contribution in [0.5, 0.6) is 0 Å². The first-order valence-electron chi connectivity index (χ1n) is 9.43. The number of piperidine rings is 1. The number of hydrogen-bond donors (Lipinski definition) is 1. The second-order valence-corrected chi connectivity index (χ2v) is 7.53. The number of H-pyrrole nitrogens is 1. The van der Waals surface area contributed by atoms with Gasteiger partial charge in [0.05, 0.1) is 17.0 Å². The highest BCUT2D eigenvalue weighted by atomic mass is 16.2. The Labute approximate surface area is 152 Å². The third-order valence-electron chi connectivity index (χ3n) is 5.70. The maximum Gasteiger partial charge on any atom is 0.267 e. The third-order valence-corrected chi connectivity index (χ3v) is 5.70. The maximum atomic E-state index is 12.7. The van der Waals surface area contributed by atoms with Gasteiger partial charge in [0.1, 0.15) is 0 Å². The molecule has 4 rings (SSSR count). The van der Waals surface area contributed by atoms with Crippen molar-refractivity contribution in [3.63, 3.8) is 0 Å². The molecule has 2 aliphatic rings. The molecule has 1 amide bonds. The van der Waals surface area contributed by atoms with Gasteiger partial charge in [-0.25, -0.2) is 4.68 Å². The van der Waals surface area contributed by atoms with Crippen molar-refractivity contribution in [2.24, 2.45) is 5.92 Å². The van der Waals surface area contributed by atoms with E-state index in [4.69, 9.17) is 0 Å². The molecule has 0 unspecified atom stereocenters. The first kappa shape index (κ1) is 17.0. The van der Waals surface area contributed by atoms with E-state index in [0.29, 0.717) is 31.1 Å². The number of nitrogens with one attached hydrogen (secondary N) is 1. The SMILES string of the molecule is Cc1n[nH]c(C)c1C(=O)N1CCC(Cn2nc3c(cc2=O)CCC3)CC1. The molecule has 2 aromatic rings. The van der Waals surface area contributed by atoms with E-state index in [2.05, 4.69) is 15.3 Å². The number of amides is 1. The highest BCUT2D eigenvalue weighted by Crippen LogP contribution is 2.23. The van der Waals surface area contributed by atoms with Crippen molar-refractivity contribution >= 4 is 5.91 Å². The van der Waals surface area contributed by atoms with E-state index in [1.807, 2.05) is 18.7 Å². The molecule has 2 aromatic heterocycles. The zero-order valence-electron chi connectivity index (χ0n) is 15.4. The Morgan fingerprint density at radius 3 is 2.73 bits per heavy atom. The van der Waals surface area contributed by atoms with Crippen molar-refractivity contribution in [2.45, 2.75) is 52.5 Å². The molecule has 0 spiro atoms. The number of nitrogens with zero attached hydrogens (tertiary/aromatic N) is 4. The summed E-state index contributed by atoms with van der Waals surface area (Å²) in [6.07, 6.45) is 4.84. The number of fused-ring (bicyclic) bond motifs is 1. The fourth-order valence-corrected chi connectivity index (χ4v) is 4.16. The predicted octanol–water partition coefficient (Wildman–Crippen LogP) is 1.62. The quantitative estimate of drug-likeness (QED) is 0.907. The summed E-state index contributed by atoms with van der Waals surface area (Å²) in [5.74, 6) is 0.440. The molecule has 138 valence electrons. The van der Waals surface area contributed by atoms with Crippen LogP contribution in [0.25, 0.3) is 0 Å². The first-order chi connectivity index (χ1) is 12.5. The summed E-state index contributed by atoms with van der Waals surface area (Å²) in [7, 11) is 0. The minimum atomic E-state index is 0.00815. The van der Waals surface area contributed by atoms with Crippen LogP contribution in [-0.4, -0.2) is 43.9 Å². The molecule has 1 fully saturated rings. The Kier molecular flexibility index (Phi) is 4.38. The number of likely N-dealkylation sites (tertiary alicyclic amines) is 1. The van der Waals surface area contributed by atoms with Crippen molar-refractivity contribution in [3.05, 3.63) is 44.6 Å². The molecule has 3 heterocycles. The summed E-state index contributed by atoms with van der Waals surface area (Å²) in [5, 5.41) is 11.6. The molecule has 0 aromatic carbocycles. The Hall–Kier alpha value is -2.44. The maximum absolute atomic E-state index is 12.7. The van der Waals surface area contributed by atoms with Crippen molar-refractivity contribution in [1.82, 2.24) is 24.9 Å². The average molecular weight is 355 g/mol. The van der Waals surface area contributed by atoms with Gasteiger partial charge >= 0.3 is 0 Å². The molecule has 7 heteroatoms. The number of rotatable bonds is 3. The summed E-state index contributed by atoms with van der Waals surface area (Å²) in [4.78, 5) is 26.9. The smallest absolute Gasteiger partial charge is 0.267 e. The molecule has 1 aliphatic heterocycles. The van der Waals surface area contributed by atoms with Crippen molar-refractivity contribution in [2.75, 3.05) is 13.1 Å². The van der Waals surface area contributed by atoms with Crippen LogP contribution in [0.15, 0.2) is 10.9 Å². The number of aromatic amines is 1. The van der Waals surface area contributed by atoms with Gasteiger partial charge in [0.25, 0.3) is 11.5 Å². The zero-order valence-corrected chi connectivity index (χ0v) is 15.4. The van der Waals surface area contributed by atoms with E-state index in [9.17, 15) is 9.59 Å². The van der Waals surface area contributed by atoms with Gasteiger partial charge in [0.2, 0.25) is 0 Å². The van der Waals surface area contributed by atoms with E-state index in [1.165, 1.54) is 0 Å². The summed E-state index contributed by atoms with van der Waals surface area (Å²) < 4.78 is 1.64. The second kappa shape index (κ2) is 6.70. The van der Waals surface area contributed by atoms with Gasteiger partial charge in [-0.2, -0.15) is 10.2 Å². The number of carbonyl (C=O) groups excluding carboxylic acids is 1. The van der Waals surface area contributed by atoms with E-state index < -0.39 is 0 Å². The lowest BCUT2D eigenvalue weighted by atomic mass is 9.96. The minimum absolute atomic E-state index is 0.00815. The molecular weight excluding hydrogens is 330 g/mol. The fraction of sp³-hybridized carbons (Fsp3) is 0.579. The minimum Gasteiger partial charge on any atom is -0.339 e. The zero-order chi connectivity index (χ0) is 18.3. The number of aromatic nitrogens is 4. The van der Waals surface area contributed by atoms with Gasteiger partial charge in [0, 0.05) is 31.4 Å². The Bertz CT molecular complexity index is 870. The summed E-state index contributed by atoms with van der Waals surface area (Å²) in [6.45, 7) is 5.82. The highest BCUT2D eigenvalue weighted by molar-refractivity contribution is 5.96. The lowest BCUT2D eigenvalue weighted by molar-refractivity contribution is 0.0679. The number of hydrogen-bond acceptors (Lipinski definition) is 4. The Balaban J connectivity index is 1.40. The molecule has 0 radical (unpaired) electrons. The monoisotopic (exact) mass is 355 g/mol. The van der Waals surface area contributed by atoms with Crippen LogP contribution >= 0.6 is 0 Å². The van der Waals surface area contributed by atoms with Crippen LogP contribution in [0, 0.1) is 19.8 Å². The largest absolute Gasteiger partial charge is 0.339 e. The highest BCUT2D eigenvalue weighted by Gasteiger charge is 2.27. The molecule has 26 heavy (non-hydrogen) atoms. The summed E-state index contributed by atoms with van der Waals surface area (Å²) in [5.41, 5.74) is 4.49. The number of carbonyl (C=O) groups is 1. The van der Waals surface area contributed by atoms with Crippen LogP contribution in [-0.2, 0) is 19.4 Å². The van der Waals surface area contributed by atoms with Crippen molar-refractivity contribution in [3.8, 4) is 0 Å². The van der Waals surface area contributed by atoms with Crippen LogP contribution < -0.4 is 5.56 Å². The van der Waals surface area contributed by atoms with Crippen molar-refractivity contribution in [1.29, 1.82) is 0 Å². The second-order valence-electron chi connectivity index (χ2n) is 7.53. The van der Waals surface area contributed by atoms with E-state index >= 15 is 0 Å². The Morgan fingerprint density at radius 2 is 2.04 bits per heavy atom. The van der Waals surface area contributed by atoms with Crippen LogP contribution in [0.4, 0.5) is 0 Å².